The van der Waals surface area contributed by atoms with Crippen LogP contribution in [-0.4, -0.2) is 35.6 Å². The second-order valence-corrected chi connectivity index (χ2v) is 5.24. The Morgan fingerprint density at radius 2 is 2.32 bits per heavy atom. The fourth-order valence-electron chi connectivity index (χ4n) is 2.42. The molecule has 1 atom stereocenters. The zero-order chi connectivity index (χ0) is 17.8. The largest absolute Gasteiger partial charge is 0.342 e. The van der Waals surface area contributed by atoms with Crippen LogP contribution in [0, 0.1) is 10.1 Å². The Hall–Kier alpha value is -3.56. The Morgan fingerprint density at radius 3 is 2.92 bits per heavy atom. The van der Waals surface area contributed by atoms with E-state index in [1.54, 1.807) is 6.20 Å². The molecule has 3 aromatic rings. The molecule has 2 N–H and O–H groups in total. The lowest BCUT2D eigenvalue weighted by molar-refractivity contribution is -0.384. The average Bonchev–Trinajstić information content (AvgIpc) is 3.32. The second-order valence-electron chi connectivity index (χ2n) is 5.24. The van der Waals surface area contributed by atoms with Crippen molar-refractivity contribution in [3.05, 3.63) is 64.7 Å². The molecular weight excluding hydrogens is 326 g/mol. The van der Waals surface area contributed by atoms with Crippen molar-refractivity contribution in [2.45, 2.75) is 19.4 Å². The Balaban J connectivity index is 1.88. The van der Waals surface area contributed by atoms with Gasteiger partial charge in [0.25, 0.3) is 11.6 Å². The number of nitro groups is 1. The van der Waals surface area contributed by atoms with Crippen LogP contribution in [-0.2, 0) is 0 Å². The van der Waals surface area contributed by atoms with Crippen molar-refractivity contribution in [3.8, 4) is 5.69 Å². The summed E-state index contributed by atoms with van der Waals surface area (Å²) in [5, 5.41) is 20.6. The topological polar surface area (TPSA) is 132 Å². The molecule has 2 heterocycles. The predicted molar refractivity (Wildman–Crippen MR) is 87.1 cm³/mol. The number of hydrogen-bond acceptors (Lipinski definition) is 6. The van der Waals surface area contributed by atoms with E-state index in [0.29, 0.717) is 17.9 Å². The Kier molecular flexibility index (Phi) is 4.50. The molecule has 0 fully saturated rings. The highest BCUT2D eigenvalue weighted by Crippen LogP contribution is 2.24. The van der Waals surface area contributed by atoms with Crippen LogP contribution in [0.1, 0.15) is 35.6 Å². The zero-order valence-electron chi connectivity index (χ0n) is 13.3. The fraction of sp³-hybridized carbons (Fsp3) is 0.200. The number of aromatic amines is 1. The maximum atomic E-state index is 12.5. The van der Waals surface area contributed by atoms with Crippen LogP contribution in [0.4, 0.5) is 5.69 Å². The number of H-pyrrole nitrogens is 1. The van der Waals surface area contributed by atoms with Crippen molar-refractivity contribution in [2.75, 3.05) is 0 Å². The molecule has 10 nitrogen and oxygen atoms in total. The van der Waals surface area contributed by atoms with Gasteiger partial charge in [-0.1, -0.05) is 6.92 Å². The van der Waals surface area contributed by atoms with Crippen LogP contribution < -0.4 is 5.32 Å². The minimum absolute atomic E-state index is 0.182. The van der Waals surface area contributed by atoms with Gasteiger partial charge in [-0.2, -0.15) is 5.10 Å². The van der Waals surface area contributed by atoms with E-state index in [0.717, 1.165) is 0 Å². The van der Waals surface area contributed by atoms with Gasteiger partial charge < -0.3 is 9.88 Å². The van der Waals surface area contributed by atoms with Gasteiger partial charge in [-0.25, -0.2) is 9.97 Å². The molecule has 0 aliphatic rings. The molecule has 0 spiro atoms. The molecule has 10 heteroatoms. The molecule has 25 heavy (non-hydrogen) atoms. The van der Waals surface area contributed by atoms with E-state index >= 15 is 0 Å². The first-order chi connectivity index (χ1) is 12.1. The number of hydrogen-bond donors (Lipinski definition) is 2. The molecule has 2 aromatic heterocycles. The summed E-state index contributed by atoms with van der Waals surface area (Å²) in [6.07, 6.45) is 6.52. The molecular formula is C15H15N7O3. The number of nitro benzene ring substituents is 1. The van der Waals surface area contributed by atoms with Gasteiger partial charge in [0.05, 0.1) is 17.3 Å². The molecule has 3 rings (SSSR count). The molecule has 0 aliphatic carbocycles. The van der Waals surface area contributed by atoms with Crippen LogP contribution >= 0.6 is 0 Å². The molecule has 0 bridgehead atoms. The van der Waals surface area contributed by atoms with Crippen molar-refractivity contribution in [1.82, 2.24) is 30.0 Å². The quantitative estimate of drug-likeness (QED) is 0.519. The number of benzene rings is 1. The SMILES string of the molecule is CCC(NC(=O)c1ccc(-n2ccnc2)c([N+](=O)[O-])c1)c1ncn[nH]1. The van der Waals surface area contributed by atoms with Crippen LogP contribution in [0.5, 0.6) is 0 Å². The first-order valence-corrected chi connectivity index (χ1v) is 7.53. The van der Waals surface area contributed by atoms with Crippen LogP contribution in [0.25, 0.3) is 5.69 Å². The van der Waals surface area contributed by atoms with Gasteiger partial charge in [-0.05, 0) is 18.6 Å². The van der Waals surface area contributed by atoms with Gasteiger partial charge in [-0.15, -0.1) is 0 Å². The first-order valence-electron chi connectivity index (χ1n) is 7.53. The van der Waals surface area contributed by atoms with Crippen molar-refractivity contribution >= 4 is 11.6 Å². The number of amides is 1. The van der Waals surface area contributed by atoms with E-state index in [9.17, 15) is 14.9 Å². The number of aromatic nitrogens is 5. The predicted octanol–water partition coefficient (Wildman–Crippen LogP) is 1.78. The van der Waals surface area contributed by atoms with Gasteiger partial charge in [-0.3, -0.25) is 20.0 Å². The van der Waals surface area contributed by atoms with Gasteiger partial charge in [0.2, 0.25) is 0 Å². The van der Waals surface area contributed by atoms with Crippen molar-refractivity contribution in [3.63, 3.8) is 0 Å². The highest BCUT2D eigenvalue weighted by molar-refractivity contribution is 5.95. The van der Waals surface area contributed by atoms with Crippen molar-refractivity contribution in [2.24, 2.45) is 0 Å². The van der Waals surface area contributed by atoms with Gasteiger partial charge >= 0.3 is 0 Å². The van der Waals surface area contributed by atoms with Crippen LogP contribution in [0.3, 0.4) is 0 Å². The lowest BCUT2D eigenvalue weighted by Crippen LogP contribution is -2.29. The van der Waals surface area contributed by atoms with Crippen LogP contribution in [0.15, 0.2) is 43.2 Å². The molecule has 0 saturated carbocycles. The monoisotopic (exact) mass is 341 g/mol. The highest BCUT2D eigenvalue weighted by atomic mass is 16.6. The summed E-state index contributed by atoms with van der Waals surface area (Å²) in [6.45, 7) is 1.89. The maximum absolute atomic E-state index is 12.5. The number of nitrogens with zero attached hydrogens (tertiary/aromatic N) is 5. The molecule has 1 amide bonds. The molecule has 1 unspecified atom stereocenters. The smallest absolute Gasteiger partial charge is 0.294 e. The summed E-state index contributed by atoms with van der Waals surface area (Å²) in [6, 6.07) is 3.94. The highest BCUT2D eigenvalue weighted by Gasteiger charge is 2.21. The lowest BCUT2D eigenvalue weighted by atomic mass is 10.1. The third-order valence-electron chi connectivity index (χ3n) is 3.69. The first kappa shape index (κ1) is 16.3. The average molecular weight is 341 g/mol. The van der Waals surface area contributed by atoms with E-state index in [4.69, 9.17) is 0 Å². The van der Waals surface area contributed by atoms with E-state index in [1.165, 1.54) is 41.6 Å². The molecule has 0 radical (unpaired) electrons. The lowest BCUT2D eigenvalue weighted by Gasteiger charge is -2.14. The van der Waals surface area contributed by atoms with Crippen molar-refractivity contribution in [1.29, 1.82) is 0 Å². The summed E-state index contributed by atoms with van der Waals surface area (Å²) < 4.78 is 1.52. The summed E-state index contributed by atoms with van der Waals surface area (Å²) in [7, 11) is 0. The number of imidazole rings is 1. The number of carbonyl (C=O) groups is 1. The summed E-state index contributed by atoms with van der Waals surface area (Å²) >= 11 is 0. The summed E-state index contributed by atoms with van der Waals surface area (Å²) in [4.78, 5) is 31.2. The minimum atomic E-state index is -0.528. The van der Waals surface area contributed by atoms with Crippen molar-refractivity contribution < 1.29 is 9.72 Å². The van der Waals surface area contributed by atoms with E-state index in [1.807, 2.05) is 6.92 Å². The Morgan fingerprint density at radius 1 is 1.48 bits per heavy atom. The number of carbonyl (C=O) groups excluding carboxylic acids is 1. The van der Waals surface area contributed by atoms with Crippen LogP contribution in [0.2, 0.25) is 0 Å². The summed E-state index contributed by atoms with van der Waals surface area (Å²) in [5.74, 6) is 0.101. The molecule has 1 aromatic carbocycles. The molecule has 0 saturated heterocycles. The Bertz CT molecular complexity index is 875. The van der Waals surface area contributed by atoms with E-state index in [-0.39, 0.29) is 17.3 Å². The standard InChI is InChI=1S/C15H15N7O3/c1-2-11(14-17-8-18-20-14)19-15(23)10-3-4-12(13(7-10)22(24)25)21-6-5-16-9-21/h3-9,11H,2H2,1H3,(H,19,23)(H,17,18,20). The zero-order valence-corrected chi connectivity index (χ0v) is 13.3. The third kappa shape index (κ3) is 3.37. The normalized spacial score (nSPS) is 11.9. The van der Waals surface area contributed by atoms with E-state index in [2.05, 4.69) is 25.5 Å². The van der Waals surface area contributed by atoms with Gasteiger partial charge in [0, 0.05) is 24.0 Å². The van der Waals surface area contributed by atoms with E-state index < -0.39 is 10.8 Å². The molecule has 0 aliphatic heterocycles. The Labute approximate surface area is 142 Å². The summed E-state index contributed by atoms with van der Waals surface area (Å²) in [5.41, 5.74) is 0.341. The van der Waals surface area contributed by atoms with Gasteiger partial charge in [0.15, 0.2) is 0 Å². The molecule has 128 valence electrons. The third-order valence-corrected chi connectivity index (χ3v) is 3.69. The maximum Gasteiger partial charge on any atom is 0.294 e. The number of rotatable bonds is 6. The van der Waals surface area contributed by atoms with Gasteiger partial charge in [0.1, 0.15) is 17.8 Å². The second kappa shape index (κ2) is 6.91. The fourth-order valence-corrected chi connectivity index (χ4v) is 2.42. The number of nitrogens with one attached hydrogen (secondary N) is 2. The minimum Gasteiger partial charge on any atom is -0.342 e.